The van der Waals surface area contributed by atoms with Crippen LogP contribution in [0.4, 0.5) is 4.39 Å². The van der Waals surface area contributed by atoms with Gasteiger partial charge in [-0.15, -0.1) is 0 Å². The van der Waals surface area contributed by atoms with Crippen LogP contribution in [0.25, 0.3) is 0 Å². The van der Waals surface area contributed by atoms with Crippen LogP contribution in [-0.4, -0.2) is 63.6 Å². The highest BCUT2D eigenvalue weighted by molar-refractivity contribution is 7.89. The maximum Gasteiger partial charge on any atom is 0.243 e. The fourth-order valence-electron chi connectivity index (χ4n) is 3.04. The van der Waals surface area contributed by atoms with Crippen molar-refractivity contribution in [2.75, 3.05) is 45.9 Å². The van der Waals surface area contributed by atoms with E-state index in [0.717, 1.165) is 50.9 Å². The van der Waals surface area contributed by atoms with Gasteiger partial charge in [-0.05, 0) is 24.6 Å². The fourth-order valence-corrected chi connectivity index (χ4v) is 4.54. The average Bonchev–Trinajstić information content (AvgIpc) is 2.68. The summed E-state index contributed by atoms with van der Waals surface area (Å²) in [7, 11) is -3.78. The Balaban J connectivity index is 2.14. The molecular formula is C19H28FN3O3S. The predicted molar refractivity (Wildman–Crippen MR) is 101 cm³/mol. The molecule has 8 heteroatoms. The van der Waals surface area contributed by atoms with E-state index in [2.05, 4.69) is 11.8 Å². The molecule has 0 unspecified atom stereocenters. The molecule has 150 valence electrons. The predicted octanol–water partition coefficient (Wildman–Crippen LogP) is 2.60. The third-order valence-electron chi connectivity index (χ3n) is 4.73. The van der Waals surface area contributed by atoms with Crippen LogP contribution in [0.2, 0.25) is 0 Å². The van der Waals surface area contributed by atoms with Crippen molar-refractivity contribution >= 4 is 10.0 Å². The summed E-state index contributed by atoms with van der Waals surface area (Å²) >= 11 is 0. The second kappa shape index (κ2) is 10.7. The highest BCUT2D eigenvalue weighted by atomic mass is 32.2. The van der Waals surface area contributed by atoms with Gasteiger partial charge in [0.15, 0.2) is 0 Å². The molecule has 0 aromatic heterocycles. The molecule has 1 saturated heterocycles. The van der Waals surface area contributed by atoms with Crippen molar-refractivity contribution in [3.63, 3.8) is 0 Å². The Morgan fingerprint density at radius 1 is 1.22 bits per heavy atom. The lowest BCUT2D eigenvalue weighted by Gasteiger charge is -2.29. The van der Waals surface area contributed by atoms with Crippen LogP contribution in [0.15, 0.2) is 23.1 Å². The van der Waals surface area contributed by atoms with Gasteiger partial charge in [0.05, 0.1) is 23.7 Å². The molecule has 6 nitrogen and oxygen atoms in total. The molecule has 0 atom stereocenters. The van der Waals surface area contributed by atoms with E-state index in [1.165, 1.54) is 10.4 Å². The minimum absolute atomic E-state index is 0.0297. The lowest BCUT2D eigenvalue weighted by Crippen LogP contribution is -2.43. The number of unbranched alkanes of at least 4 members (excludes halogenated alkanes) is 3. The molecule has 1 fully saturated rings. The van der Waals surface area contributed by atoms with Gasteiger partial charge in [0.1, 0.15) is 11.9 Å². The topological polar surface area (TPSA) is 73.6 Å². The molecule has 1 aliphatic rings. The zero-order valence-corrected chi connectivity index (χ0v) is 16.7. The highest BCUT2D eigenvalue weighted by Crippen LogP contribution is 2.20. The maximum absolute atomic E-state index is 13.6. The minimum Gasteiger partial charge on any atom is -0.379 e. The van der Waals surface area contributed by atoms with Crippen LogP contribution >= 0.6 is 0 Å². The SMILES string of the molecule is CCCCCCN(CCN1CCOCC1)S(=O)(=O)c1ccc(F)c(C#N)c1. The Morgan fingerprint density at radius 2 is 1.96 bits per heavy atom. The zero-order valence-electron chi connectivity index (χ0n) is 15.9. The van der Waals surface area contributed by atoms with Gasteiger partial charge in [0.2, 0.25) is 10.0 Å². The normalized spacial score (nSPS) is 15.8. The summed E-state index contributed by atoms with van der Waals surface area (Å²) in [6.07, 6.45) is 3.88. The molecule has 0 spiro atoms. The van der Waals surface area contributed by atoms with E-state index in [1.807, 2.05) is 0 Å². The maximum atomic E-state index is 13.6. The number of ether oxygens (including phenoxy) is 1. The molecule has 1 heterocycles. The van der Waals surface area contributed by atoms with Crippen LogP contribution in [0.5, 0.6) is 0 Å². The number of hydrogen-bond acceptors (Lipinski definition) is 5. The van der Waals surface area contributed by atoms with Gasteiger partial charge in [-0.1, -0.05) is 26.2 Å². The third-order valence-corrected chi connectivity index (χ3v) is 6.62. The number of hydrogen-bond donors (Lipinski definition) is 0. The van der Waals surface area contributed by atoms with Crippen molar-refractivity contribution in [2.45, 2.75) is 37.5 Å². The third kappa shape index (κ3) is 6.25. The van der Waals surface area contributed by atoms with Crippen molar-refractivity contribution in [1.29, 1.82) is 5.26 Å². The minimum atomic E-state index is -3.78. The molecule has 0 radical (unpaired) electrons. The van der Waals surface area contributed by atoms with Crippen LogP contribution in [0.3, 0.4) is 0 Å². The number of halogens is 1. The quantitative estimate of drug-likeness (QED) is 0.568. The Kier molecular flexibility index (Phi) is 8.64. The van der Waals surface area contributed by atoms with Gasteiger partial charge in [-0.25, -0.2) is 12.8 Å². The van der Waals surface area contributed by atoms with Crippen LogP contribution in [0, 0.1) is 17.1 Å². The van der Waals surface area contributed by atoms with Crippen molar-refractivity contribution in [1.82, 2.24) is 9.21 Å². The highest BCUT2D eigenvalue weighted by Gasteiger charge is 2.26. The summed E-state index contributed by atoms with van der Waals surface area (Å²) in [6, 6.07) is 5.11. The van der Waals surface area contributed by atoms with Crippen LogP contribution in [0.1, 0.15) is 38.2 Å². The van der Waals surface area contributed by atoms with E-state index in [4.69, 9.17) is 10.00 Å². The van der Waals surface area contributed by atoms with Crippen molar-refractivity contribution in [2.24, 2.45) is 0 Å². The molecule has 1 aromatic carbocycles. The van der Waals surface area contributed by atoms with E-state index in [-0.39, 0.29) is 10.5 Å². The largest absolute Gasteiger partial charge is 0.379 e. The molecular weight excluding hydrogens is 369 g/mol. The Hall–Kier alpha value is -1.53. The van der Waals surface area contributed by atoms with Crippen LogP contribution in [-0.2, 0) is 14.8 Å². The molecule has 0 aliphatic carbocycles. The summed E-state index contributed by atoms with van der Waals surface area (Å²) in [5.41, 5.74) is -0.254. The second-order valence-electron chi connectivity index (χ2n) is 6.67. The monoisotopic (exact) mass is 397 g/mol. The molecule has 2 rings (SSSR count). The Labute approximate surface area is 161 Å². The summed E-state index contributed by atoms with van der Waals surface area (Å²) < 4.78 is 46.6. The molecule has 0 saturated carbocycles. The van der Waals surface area contributed by atoms with E-state index in [9.17, 15) is 12.8 Å². The molecule has 0 N–H and O–H groups in total. The summed E-state index contributed by atoms with van der Waals surface area (Å²) in [4.78, 5) is 2.15. The lowest BCUT2D eigenvalue weighted by molar-refractivity contribution is 0.0362. The average molecular weight is 398 g/mol. The number of morpholine rings is 1. The lowest BCUT2D eigenvalue weighted by atomic mass is 10.2. The smallest absolute Gasteiger partial charge is 0.243 e. The van der Waals surface area contributed by atoms with Crippen LogP contribution < -0.4 is 0 Å². The Morgan fingerprint density at radius 3 is 2.63 bits per heavy atom. The first-order valence-corrected chi connectivity index (χ1v) is 10.9. The first kappa shape index (κ1) is 21.8. The fraction of sp³-hybridized carbons (Fsp3) is 0.632. The number of benzene rings is 1. The zero-order chi connectivity index (χ0) is 19.7. The summed E-state index contributed by atoms with van der Waals surface area (Å²) in [5, 5.41) is 9.00. The van der Waals surface area contributed by atoms with E-state index < -0.39 is 15.8 Å². The summed E-state index contributed by atoms with van der Waals surface area (Å²) in [5.74, 6) is -0.709. The van der Waals surface area contributed by atoms with E-state index in [1.54, 1.807) is 6.07 Å². The number of rotatable bonds is 10. The van der Waals surface area contributed by atoms with Gasteiger partial charge in [-0.2, -0.15) is 9.57 Å². The van der Waals surface area contributed by atoms with E-state index >= 15 is 0 Å². The molecule has 1 aliphatic heterocycles. The summed E-state index contributed by atoms with van der Waals surface area (Å²) in [6.45, 7) is 6.42. The van der Waals surface area contributed by atoms with Crippen molar-refractivity contribution < 1.29 is 17.5 Å². The van der Waals surface area contributed by atoms with E-state index in [0.29, 0.717) is 32.8 Å². The second-order valence-corrected chi connectivity index (χ2v) is 8.61. The van der Waals surface area contributed by atoms with Crippen molar-refractivity contribution in [3.05, 3.63) is 29.6 Å². The van der Waals surface area contributed by atoms with Gasteiger partial charge in [-0.3, -0.25) is 4.90 Å². The molecule has 0 bridgehead atoms. The Bertz CT molecular complexity index is 743. The van der Waals surface area contributed by atoms with Gasteiger partial charge >= 0.3 is 0 Å². The van der Waals surface area contributed by atoms with Gasteiger partial charge < -0.3 is 4.74 Å². The number of sulfonamides is 1. The number of nitrogens with zero attached hydrogens (tertiary/aromatic N) is 3. The molecule has 0 amide bonds. The van der Waals surface area contributed by atoms with Gasteiger partial charge in [0, 0.05) is 32.7 Å². The first-order chi connectivity index (χ1) is 13.0. The van der Waals surface area contributed by atoms with Gasteiger partial charge in [0.25, 0.3) is 0 Å². The number of nitriles is 1. The first-order valence-electron chi connectivity index (χ1n) is 9.49. The molecule has 27 heavy (non-hydrogen) atoms. The molecule has 1 aromatic rings. The standard InChI is InChI=1S/C19H28FN3O3S/c1-2-3-4-5-8-23(10-9-22-11-13-26-14-12-22)27(24,25)18-6-7-19(20)17(15-18)16-21/h6-7,15H,2-5,8-14H2,1H3. The van der Waals surface area contributed by atoms with Crippen molar-refractivity contribution in [3.8, 4) is 6.07 Å².